The molecule has 178 valence electrons. The van der Waals surface area contributed by atoms with Gasteiger partial charge in [0.1, 0.15) is 18.5 Å². The maximum absolute atomic E-state index is 13.0. The summed E-state index contributed by atoms with van der Waals surface area (Å²) < 4.78 is 9.80. The van der Waals surface area contributed by atoms with E-state index in [2.05, 4.69) is 16.8 Å². The molecule has 0 radical (unpaired) electrons. The predicted molar refractivity (Wildman–Crippen MR) is 129 cm³/mol. The summed E-state index contributed by atoms with van der Waals surface area (Å²) in [5.41, 5.74) is -0.328. The minimum Gasteiger partial charge on any atom is -0.489 e. The summed E-state index contributed by atoms with van der Waals surface area (Å²) in [6, 6.07) is 4.85. The molecule has 4 rings (SSSR count). The first-order chi connectivity index (χ1) is 15.7. The maximum atomic E-state index is 13.0. The van der Waals surface area contributed by atoms with Crippen LogP contribution in [0.25, 0.3) is 11.2 Å². The second-order valence-electron chi connectivity index (χ2n) is 8.61. The van der Waals surface area contributed by atoms with Crippen molar-refractivity contribution in [3.63, 3.8) is 0 Å². The van der Waals surface area contributed by atoms with Crippen LogP contribution >= 0.6 is 23.2 Å². The minimum atomic E-state index is -0.960. The standard InChI is InChI=1S/C22H27Cl2N5O4/c1-13-6-8-28(9-7-13)21-25-19-18(20(31)27(3)22(32)26(19)2)29(21)11-15(30)12-33-17-5-4-14(23)10-16(17)24/h4-5,10,13,15,30H,6-9,11-12H2,1-3H3. The van der Waals surface area contributed by atoms with E-state index in [0.29, 0.717) is 33.3 Å². The van der Waals surface area contributed by atoms with Gasteiger partial charge >= 0.3 is 5.69 Å². The normalized spacial score (nSPS) is 15.9. The fourth-order valence-corrected chi connectivity index (χ4v) is 4.56. The number of halogens is 2. The number of rotatable bonds is 6. The van der Waals surface area contributed by atoms with Gasteiger partial charge in [-0.15, -0.1) is 0 Å². The molecule has 2 aromatic heterocycles. The number of nitrogens with zero attached hydrogens (tertiary/aromatic N) is 5. The molecule has 9 nitrogen and oxygen atoms in total. The Hall–Kier alpha value is -2.49. The fourth-order valence-electron chi connectivity index (χ4n) is 4.10. The maximum Gasteiger partial charge on any atom is 0.332 e. The van der Waals surface area contributed by atoms with Crippen LogP contribution in [0.5, 0.6) is 5.75 Å². The van der Waals surface area contributed by atoms with E-state index in [0.717, 1.165) is 30.5 Å². The second-order valence-corrected chi connectivity index (χ2v) is 9.45. The lowest BCUT2D eigenvalue weighted by molar-refractivity contribution is 0.0936. The van der Waals surface area contributed by atoms with Gasteiger partial charge in [-0.2, -0.15) is 4.98 Å². The third-order valence-corrected chi connectivity index (χ3v) is 6.64. The first-order valence-corrected chi connectivity index (χ1v) is 11.6. The van der Waals surface area contributed by atoms with Gasteiger partial charge in [0.2, 0.25) is 5.95 Å². The molecule has 1 unspecified atom stereocenters. The quantitative estimate of drug-likeness (QED) is 0.564. The van der Waals surface area contributed by atoms with Crippen LogP contribution in [0.1, 0.15) is 19.8 Å². The number of aliphatic hydroxyl groups is 1. The molecular weight excluding hydrogens is 469 g/mol. The van der Waals surface area contributed by atoms with Gasteiger partial charge in [-0.25, -0.2) is 4.79 Å². The Labute approximate surface area is 200 Å². The number of aliphatic hydroxyl groups excluding tert-OH is 1. The molecule has 3 heterocycles. The Bertz CT molecular complexity index is 1290. The number of anilines is 1. The van der Waals surface area contributed by atoms with Crippen LogP contribution in [-0.4, -0.2) is 49.6 Å². The van der Waals surface area contributed by atoms with Crippen LogP contribution in [0, 0.1) is 5.92 Å². The lowest BCUT2D eigenvalue weighted by Gasteiger charge is -2.31. The van der Waals surface area contributed by atoms with Gasteiger partial charge in [-0.1, -0.05) is 30.1 Å². The highest BCUT2D eigenvalue weighted by atomic mass is 35.5. The zero-order valence-electron chi connectivity index (χ0n) is 18.8. The van der Waals surface area contributed by atoms with Gasteiger partial charge in [-0.3, -0.25) is 13.9 Å². The number of aromatic nitrogens is 4. The molecule has 0 bridgehead atoms. The second kappa shape index (κ2) is 9.40. The van der Waals surface area contributed by atoms with Gasteiger partial charge in [0, 0.05) is 32.2 Å². The molecule has 1 aliphatic heterocycles. The molecule has 1 fully saturated rings. The topological polar surface area (TPSA) is 94.5 Å². The average molecular weight is 496 g/mol. The third-order valence-electron chi connectivity index (χ3n) is 6.11. The molecule has 1 aromatic carbocycles. The summed E-state index contributed by atoms with van der Waals surface area (Å²) in [4.78, 5) is 32.3. The van der Waals surface area contributed by atoms with Crippen LogP contribution in [0.2, 0.25) is 10.0 Å². The van der Waals surface area contributed by atoms with Crippen LogP contribution in [0.3, 0.4) is 0 Å². The average Bonchev–Trinajstić information content (AvgIpc) is 3.15. The van der Waals surface area contributed by atoms with Gasteiger partial charge in [0.25, 0.3) is 5.56 Å². The summed E-state index contributed by atoms with van der Waals surface area (Å²) in [5.74, 6) is 1.58. The van der Waals surface area contributed by atoms with Crippen molar-refractivity contribution in [3.05, 3.63) is 49.1 Å². The lowest BCUT2D eigenvalue weighted by atomic mass is 10.00. The zero-order valence-corrected chi connectivity index (χ0v) is 20.3. The van der Waals surface area contributed by atoms with E-state index in [1.54, 1.807) is 29.8 Å². The fraction of sp³-hybridized carbons (Fsp3) is 0.500. The third kappa shape index (κ3) is 4.62. The number of benzene rings is 1. The van der Waals surface area contributed by atoms with Crippen molar-refractivity contribution in [2.75, 3.05) is 24.6 Å². The van der Waals surface area contributed by atoms with E-state index in [1.807, 2.05) is 0 Å². The van der Waals surface area contributed by atoms with E-state index >= 15 is 0 Å². The largest absolute Gasteiger partial charge is 0.489 e. The Morgan fingerprint density at radius 2 is 1.88 bits per heavy atom. The highest BCUT2D eigenvalue weighted by Crippen LogP contribution is 2.28. The number of piperidine rings is 1. The number of aryl methyl sites for hydroxylation is 1. The lowest BCUT2D eigenvalue weighted by Crippen LogP contribution is -2.38. The van der Waals surface area contributed by atoms with Crippen LogP contribution < -0.4 is 20.9 Å². The van der Waals surface area contributed by atoms with Crippen molar-refractivity contribution in [3.8, 4) is 5.75 Å². The monoisotopic (exact) mass is 495 g/mol. The highest BCUT2D eigenvalue weighted by molar-refractivity contribution is 6.35. The van der Waals surface area contributed by atoms with Gasteiger partial charge in [0.15, 0.2) is 11.2 Å². The molecule has 0 saturated carbocycles. The predicted octanol–water partition coefficient (Wildman–Crippen LogP) is 2.42. The summed E-state index contributed by atoms with van der Waals surface area (Å²) >= 11 is 12.1. The van der Waals surface area contributed by atoms with Gasteiger partial charge in [-0.05, 0) is 37.0 Å². The SMILES string of the molecule is CC1CCN(c2nc3c(c(=O)n(C)c(=O)n3C)n2CC(O)COc2ccc(Cl)cc2Cl)CC1. The van der Waals surface area contributed by atoms with E-state index in [4.69, 9.17) is 27.9 Å². The Kier molecular flexibility index (Phi) is 6.74. The van der Waals surface area contributed by atoms with Crippen molar-refractivity contribution in [1.29, 1.82) is 0 Å². The van der Waals surface area contributed by atoms with Crippen molar-refractivity contribution in [1.82, 2.24) is 18.7 Å². The Morgan fingerprint density at radius 1 is 1.18 bits per heavy atom. The molecule has 11 heteroatoms. The van der Waals surface area contributed by atoms with Crippen LogP contribution in [-0.2, 0) is 20.6 Å². The number of imidazole rings is 1. The first-order valence-electron chi connectivity index (χ1n) is 10.8. The number of fused-ring (bicyclic) bond motifs is 1. The van der Waals surface area contributed by atoms with E-state index in [-0.39, 0.29) is 18.7 Å². The number of hydrogen-bond acceptors (Lipinski definition) is 6. The van der Waals surface area contributed by atoms with Crippen molar-refractivity contribution in [2.45, 2.75) is 32.4 Å². The zero-order chi connectivity index (χ0) is 23.9. The van der Waals surface area contributed by atoms with Crippen molar-refractivity contribution in [2.24, 2.45) is 20.0 Å². The molecule has 1 aliphatic rings. The van der Waals surface area contributed by atoms with Crippen LogP contribution in [0.4, 0.5) is 5.95 Å². The number of ether oxygens (including phenoxy) is 1. The molecule has 0 amide bonds. The first kappa shape index (κ1) is 23.7. The molecular formula is C22H27Cl2N5O4. The molecule has 1 atom stereocenters. The van der Waals surface area contributed by atoms with Gasteiger partial charge < -0.3 is 19.3 Å². The summed E-state index contributed by atoms with van der Waals surface area (Å²) in [7, 11) is 3.03. The van der Waals surface area contributed by atoms with Gasteiger partial charge in [0.05, 0.1) is 11.6 Å². The smallest absolute Gasteiger partial charge is 0.332 e. The summed E-state index contributed by atoms with van der Waals surface area (Å²) in [5, 5.41) is 11.6. The Balaban J connectivity index is 1.69. The Morgan fingerprint density at radius 3 is 2.55 bits per heavy atom. The van der Waals surface area contributed by atoms with E-state index in [1.165, 1.54) is 11.6 Å². The van der Waals surface area contributed by atoms with E-state index in [9.17, 15) is 14.7 Å². The van der Waals surface area contributed by atoms with Crippen molar-refractivity contribution >= 4 is 40.3 Å². The molecule has 3 aromatic rings. The summed E-state index contributed by atoms with van der Waals surface area (Å²) in [6.07, 6.45) is 1.04. The summed E-state index contributed by atoms with van der Waals surface area (Å²) in [6.45, 7) is 3.79. The molecule has 33 heavy (non-hydrogen) atoms. The van der Waals surface area contributed by atoms with E-state index < -0.39 is 17.4 Å². The molecule has 1 N–H and O–H groups in total. The minimum absolute atomic E-state index is 0.0520. The highest BCUT2D eigenvalue weighted by Gasteiger charge is 2.26. The number of hydrogen-bond donors (Lipinski definition) is 1. The van der Waals surface area contributed by atoms with Crippen molar-refractivity contribution < 1.29 is 9.84 Å². The molecule has 0 spiro atoms. The molecule has 1 saturated heterocycles. The molecule has 0 aliphatic carbocycles. The van der Waals surface area contributed by atoms with Crippen LogP contribution in [0.15, 0.2) is 27.8 Å².